The van der Waals surface area contributed by atoms with Crippen LogP contribution < -0.4 is 5.32 Å². The molecule has 17 heavy (non-hydrogen) atoms. The van der Waals surface area contributed by atoms with Gasteiger partial charge in [0.25, 0.3) is 0 Å². The Morgan fingerprint density at radius 1 is 1.12 bits per heavy atom. The second kappa shape index (κ2) is 10.1. The van der Waals surface area contributed by atoms with Crippen molar-refractivity contribution >= 4 is 10.2 Å². The van der Waals surface area contributed by atoms with Crippen LogP contribution in [-0.4, -0.2) is 41.5 Å². The molecule has 0 heterocycles. The van der Waals surface area contributed by atoms with E-state index in [1.54, 1.807) is 0 Å². The van der Waals surface area contributed by atoms with Gasteiger partial charge in [-0.15, -0.1) is 0 Å². The Bertz CT molecular complexity index is 173. The van der Waals surface area contributed by atoms with Gasteiger partial charge in [0, 0.05) is 25.7 Å². The highest BCUT2D eigenvalue weighted by Crippen LogP contribution is 2.18. The number of hydrogen-bond acceptors (Lipinski definition) is 3. The first-order chi connectivity index (χ1) is 8.11. The molecule has 0 aromatic carbocycles. The Hall–Kier alpha value is 0.0969. The van der Waals surface area contributed by atoms with Gasteiger partial charge in [0.15, 0.2) is 0 Å². The van der Waals surface area contributed by atoms with Crippen LogP contribution in [0.3, 0.4) is 0 Å². The first kappa shape index (κ1) is 17.1. The van der Waals surface area contributed by atoms with Gasteiger partial charge in [-0.2, -0.15) is 0 Å². The number of ether oxygens (including phenoxy) is 2. The van der Waals surface area contributed by atoms with Gasteiger partial charge in [0.05, 0.1) is 10.2 Å². The molecule has 0 aromatic heterocycles. The number of hydrogen-bond donors (Lipinski definition) is 1. The molecule has 4 heteroatoms. The van der Waals surface area contributed by atoms with Crippen LogP contribution in [0.1, 0.15) is 53.4 Å². The van der Waals surface area contributed by atoms with Crippen LogP contribution in [0.15, 0.2) is 0 Å². The molecular weight excluding hydrogens is 230 g/mol. The quantitative estimate of drug-likeness (QED) is 0.348. The zero-order chi connectivity index (χ0) is 13.1. The Balaban J connectivity index is 4.17. The summed E-state index contributed by atoms with van der Waals surface area (Å²) in [6, 6.07) is 0.511. The maximum atomic E-state index is 5.81. The molecule has 0 saturated heterocycles. The van der Waals surface area contributed by atoms with Crippen molar-refractivity contribution in [1.29, 1.82) is 0 Å². The summed E-state index contributed by atoms with van der Waals surface area (Å²) in [7, 11) is 0.915. The first-order valence-electron chi connectivity index (χ1n) is 7.13. The van der Waals surface area contributed by atoms with Crippen LogP contribution in [0.4, 0.5) is 0 Å². The van der Waals surface area contributed by atoms with Crippen molar-refractivity contribution in [1.82, 2.24) is 5.32 Å². The molecule has 0 rings (SSSR count). The molecular formula is C13H31NO2Si. The lowest BCUT2D eigenvalue weighted by molar-refractivity contribution is -0.180. The Labute approximate surface area is 110 Å². The third-order valence-electron chi connectivity index (χ3n) is 2.97. The van der Waals surface area contributed by atoms with Crippen LogP contribution in [0.25, 0.3) is 0 Å². The molecule has 3 nitrogen and oxygen atoms in total. The normalized spacial score (nSPS) is 14.1. The second-order valence-corrected chi connectivity index (χ2v) is 6.14. The maximum Gasteiger partial charge on any atom is 0.143 e. The second-order valence-electron chi connectivity index (χ2n) is 4.62. The number of rotatable bonds is 11. The van der Waals surface area contributed by atoms with Gasteiger partial charge in [0.1, 0.15) is 5.41 Å². The lowest BCUT2D eigenvalue weighted by Gasteiger charge is -2.33. The molecule has 0 aliphatic heterocycles. The zero-order valence-electron chi connectivity index (χ0n) is 12.3. The van der Waals surface area contributed by atoms with E-state index in [1.807, 2.05) is 13.8 Å². The van der Waals surface area contributed by atoms with Crippen LogP contribution in [0, 0.1) is 0 Å². The number of nitrogens with one attached hydrogen (secondary N) is 1. The molecule has 0 aliphatic rings. The molecule has 0 aromatic rings. The lowest BCUT2D eigenvalue weighted by Crippen LogP contribution is -2.44. The molecule has 0 aliphatic carbocycles. The van der Waals surface area contributed by atoms with E-state index in [-0.39, 0.29) is 5.41 Å². The third kappa shape index (κ3) is 7.92. The first-order valence-corrected chi connectivity index (χ1v) is 8.13. The van der Waals surface area contributed by atoms with Crippen molar-refractivity contribution in [2.24, 2.45) is 0 Å². The summed E-state index contributed by atoms with van der Waals surface area (Å²) in [6.07, 6.45) is 4.59. The van der Waals surface area contributed by atoms with Gasteiger partial charge in [-0.3, -0.25) is 0 Å². The third-order valence-corrected chi connectivity index (χ3v) is 3.96. The van der Waals surface area contributed by atoms with Crippen molar-refractivity contribution in [2.45, 2.75) is 64.8 Å². The molecule has 0 spiro atoms. The minimum Gasteiger partial charge on any atom is -0.355 e. The van der Waals surface area contributed by atoms with Crippen molar-refractivity contribution in [3.63, 3.8) is 0 Å². The van der Waals surface area contributed by atoms with Gasteiger partial charge in [0.2, 0.25) is 0 Å². The van der Waals surface area contributed by atoms with Gasteiger partial charge >= 0.3 is 0 Å². The van der Waals surface area contributed by atoms with Crippen molar-refractivity contribution < 1.29 is 9.47 Å². The molecule has 1 unspecified atom stereocenters. The van der Waals surface area contributed by atoms with E-state index < -0.39 is 0 Å². The van der Waals surface area contributed by atoms with Crippen LogP contribution in [0.5, 0.6) is 0 Å². The molecule has 0 saturated carbocycles. The van der Waals surface area contributed by atoms with Gasteiger partial charge in [-0.1, -0.05) is 20.3 Å². The molecule has 0 bridgehead atoms. The van der Waals surface area contributed by atoms with E-state index in [0.29, 0.717) is 6.04 Å². The lowest BCUT2D eigenvalue weighted by atomic mass is 10.1. The van der Waals surface area contributed by atoms with Gasteiger partial charge < -0.3 is 14.8 Å². The SMILES string of the molecule is CCCCNC(CC)CC([SiH3])(OCC)OCC. The average molecular weight is 261 g/mol. The molecule has 0 amide bonds. The van der Waals surface area contributed by atoms with Crippen molar-refractivity contribution in [3.05, 3.63) is 0 Å². The molecule has 0 fully saturated rings. The summed E-state index contributed by atoms with van der Waals surface area (Å²) in [5.74, 6) is 0. The topological polar surface area (TPSA) is 30.5 Å². The predicted molar refractivity (Wildman–Crippen MR) is 77.5 cm³/mol. The summed E-state index contributed by atoms with van der Waals surface area (Å²) >= 11 is 0. The summed E-state index contributed by atoms with van der Waals surface area (Å²) in [6.45, 7) is 11.1. The summed E-state index contributed by atoms with van der Waals surface area (Å²) in [4.78, 5) is 0. The largest absolute Gasteiger partial charge is 0.355 e. The fourth-order valence-corrected chi connectivity index (χ4v) is 3.13. The minimum absolute atomic E-state index is 0.302. The molecule has 1 atom stereocenters. The number of unbranched alkanes of at least 4 members (excludes halogenated alkanes) is 1. The standard InChI is InChI=1S/C13H31NO2Si/c1-5-9-10-14-12(6-2)11-13(17,15-7-3)16-8-4/h12,14H,5-11H2,1-4,17H3. The van der Waals surface area contributed by atoms with Crippen LogP contribution in [0.2, 0.25) is 0 Å². The van der Waals surface area contributed by atoms with E-state index in [9.17, 15) is 0 Å². The Kier molecular flexibility index (Phi) is 10.1. The molecule has 104 valence electrons. The fourth-order valence-electron chi connectivity index (χ4n) is 2.06. The summed E-state index contributed by atoms with van der Waals surface area (Å²) in [5.41, 5.74) is -0.302. The van der Waals surface area contributed by atoms with Gasteiger partial charge in [-0.05, 0) is 33.2 Å². The average Bonchev–Trinajstić information content (AvgIpc) is 2.28. The van der Waals surface area contributed by atoms with Gasteiger partial charge in [-0.25, -0.2) is 0 Å². The smallest absolute Gasteiger partial charge is 0.143 e. The molecule has 1 N–H and O–H groups in total. The van der Waals surface area contributed by atoms with E-state index in [0.717, 1.165) is 42.8 Å². The van der Waals surface area contributed by atoms with Crippen molar-refractivity contribution in [2.75, 3.05) is 19.8 Å². The van der Waals surface area contributed by atoms with Crippen LogP contribution in [-0.2, 0) is 9.47 Å². The molecule has 0 radical (unpaired) electrons. The van der Waals surface area contributed by atoms with Crippen LogP contribution >= 0.6 is 0 Å². The highest BCUT2D eigenvalue weighted by molar-refractivity contribution is 6.13. The minimum atomic E-state index is -0.302. The fraction of sp³-hybridized carbons (Fsp3) is 1.00. The maximum absolute atomic E-state index is 5.81. The Morgan fingerprint density at radius 3 is 2.12 bits per heavy atom. The monoisotopic (exact) mass is 261 g/mol. The van der Waals surface area contributed by atoms with E-state index in [4.69, 9.17) is 9.47 Å². The van der Waals surface area contributed by atoms with E-state index >= 15 is 0 Å². The highest BCUT2D eigenvalue weighted by Gasteiger charge is 2.27. The zero-order valence-corrected chi connectivity index (χ0v) is 14.3. The summed E-state index contributed by atoms with van der Waals surface area (Å²) in [5, 5.41) is 3.61. The van der Waals surface area contributed by atoms with E-state index in [1.165, 1.54) is 12.8 Å². The summed E-state index contributed by atoms with van der Waals surface area (Å²) < 4.78 is 11.6. The Morgan fingerprint density at radius 2 is 1.71 bits per heavy atom. The van der Waals surface area contributed by atoms with Crippen molar-refractivity contribution in [3.8, 4) is 0 Å². The highest BCUT2D eigenvalue weighted by atomic mass is 28.1. The van der Waals surface area contributed by atoms with E-state index in [2.05, 4.69) is 19.2 Å². The predicted octanol–water partition coefficient (Wildman–Crippen LogP) is 1.64.